The first-order chi connectivity index (χ1) is 5.77. The predicted molar refractivity (Wildman–Crippen MR) is 54.7 cm³/mol. The Morgan fingerprint density at radius 2 is 2.33 bits per heavy atom. The number of methoxy groups -OCH3 is 1. The van der Waals surface area contributed by atoms with Crippen LogP contribution in [0, 0.1) is 3.57 Å². The van der Waals surface area contributed by atoms with Crippen LogP contribution in [0.25, 0.3) is 0 Å². The summed E-state index contributed by atoms with van der Waals surface area (Å²) in [6.07, 6.45) is 1.67. The molecule has 66 valence electrons. The van der Waals surface area contributed by atoms with Crippen molar-refractivity contribution in [3.63, 3.8) is 0 Å². The summed E-state index contributed by atoms with van der Waals surface area (Å²) in [5.41, 5.74) is 0. The van der Waals surface area contributed by atoms with Gasteiger partial charge in [0.1, 0.15) is 0 Å². The van der Waals surface area contributed by atoms with E-state index in [1.807, 2.05) is 13.0 Å². The molecule has 0 atom stereocenters. The van der Waals surface area contributed by atoms with Crippen molar-refractivity contribution in [3.05, 3.63) is 15.8 Å². The number of ether oxygens (including phenoxy) is 2. The molecule has 0 fully saturated rings. The number of hydrogen-bond donors (Lipinski definition) is 0. The highest BCUT2D eigenvalue weighted by Crippen LogP contribution is 2.22. The zero-order valence-corrected chi connectivity index (χ0v) is 9.16. The van der Waals surface area contributed by atoms with E-state index in [0.717, 1.165) is 9.32 Å². The van der Waals surface area contributed by atoms with Gasteiger partial charge in [-0.3, -0.25) is 0 Å². The van der Waals surface area contributed by atoms with Crippen molar-refractivity contribution in [2.75, 3.05) is 13.7 Å². The monoisotopic (exact) mass is 279 g/mol. The van der Waals surface area contributed by atoms with Crippen molar-refractivity contribution < 1.29 is 9.47 Å². The third-order valence-electron chi connectivity index (χ3n) is 1.30. The summed E-state index contributed by atoms with van der Waals surface area (Å²) < 4.78 is 11.3. The number of nitrogens with zero attached hydrogens (tertiary/aromatic N) is 1. The lowest BCUT2D eigenvalue weighted by molar-refractivity contribution is 0.333. The minimum absolute atomic E-state index is 0.614. The molecule has 1 rings (SSSR count). The third-order valence-corrected chi connectivity index (χ3v) is 2.15. The predicted octanol–water partition coefficient (Wildman–Crippen LogP) is 2.09. The van der Waals surface area contributed by atoms with Crippen molar-refractivity contribution in [2.45, 2.75) is 6.92 Å². The summed E-state index contributed by atoms with van der Waals surface area (Å²) >= 11 is 2.19. The molecular weight excluding hydrogens is 269 g/mol. The van der Waals surface area contributed by atoms with E-state index in [1.165, 1.54) is 0 Å². The molecule has 0 unspecified atom stereocenters. The van der Waals surface area contributed by atoms with Crippen molar-refractivity contribution in [1.29, 1.82) is 0 Å². The summed E-state index contributed by atoms with van der Waals surface area (Å²) in [7, 11) is 1.60. The first kappa shape index (κ1) is 9.57. The van der Waals surface area contributed by atoms with Crippen LogP contribution in [0.15, 0.2) is 12.3 Å². The van der Waals surface area contributed by atoms with E-state index in [9.17, 15) is 0 Å². The molecule has 0 N–H and O–H groups in total. The second-order valence-corrected chi connectivity index (χ2v) is 3.25. The molecule has 3 nitrogen and oxygen atoms in total. The first-order valence-electron chi connectivity index (χ1n) is 3.60. The van der Waals surface area contributed by atoms with Crippen LogP contribution in [0.3, 0.4) is 0 Å². The molecule has 1 aromatic rings. The van der Waals surface area contributed by atoms with E-state index in [-0.39, 0.29) is 0 Å². The Morgan fingerprint density at radius 3 is 2.83 bits per heavy atom. The van der Waals surface area contributed by atoms with E-state index >= 15 is 0 Å². The van der Waals surface area contributed by atoms with Gasteiger partial charge in [-0.2, -0.15) is 0 Å². The van der Waals surface area contributed by atoms with Crippen LogP contribution in [0.5, 0.6) is 11.6 Å². The van der Waals surface area contributed by atoms with Crippen LogP contribution in [-0.4, -0.2) is 18.7 Å². The quantitative estimate of drug-likeness (QED) is 0.794. The molecule has 1 heterocycles. The summed E-state index contributed by atoms with van der Waals surface area (Å²) in [6.45, 7) is 2.60. The van der Waals surface area contributed by atoms with E-state index in [4.69, 9.17) is 9.47 Å². The fourth-order valence-corrected chi connectivity index (χ4v) is 1.34. The maximum Gasteiger partial charge on any atom is 0.214 e. The molecule has 0 radical (unpaired) electrons. The van der Waals surface area contributed by atoms with Gasteiger partial charge >= 0.3 is 0 Å². The molecule has 0 saturated heterocycles. The zero-order valence-electron chi connectivity index (χ0n) is 7.00. The lowest BCUT2D eigenvalue weighted by atomic mass is 10.4. The molecular formula is C8H10INO2. The van der Waals surface area contributed by atoms with Crippen LogP contribution in [0.4, 0.5) is 0 Å². The van der Waals surface area contributed by atoms with Crippen LogP contribution in [-0.2, 0) is 0 Å². The molecule has 12 heavy (non-hydrogen) atoms. The standard InChI is InChI=1S/C8H10INO2/c1-3-12-7-5-10-8(11-2)4-6(7)9/h4-5H,3H2,1-2H3. The molecule has 0 aliphatic carbocycles. The smallest absolute Gasteiger partial charge is 0.214 e. The van der Waals surface area contributed by atoms with Crippen LogP contribution in [0.2, 0.25) is 0 Å². The van der Waals surface area contributed by atoms with Gasteiger partial charge in [-0.15, -0.1) is 0 Å². The van der Waals surface area contributed by atoms with Crippen LogP contribution in [0.1, 0.15) is 6.92 Å². The molecule has 0 aliphatic rings. The van der Waals surface area contributed by atoms with Gasteiger partial charge in [-0.25, -0.2) is 4.98 Å². The van der Waals surface area contributed by atoms with Gasteiger partial charge < -0.3 is 9.47 Å². The molecule has 0 bridgehead atoms. The van der Waals surface area contributed by atoms with E-state index in [1.54, 1.807) is 13.3 Å². The highest BCUT2D eigenvalue weighted by molar-refractivity contribution is 14.1. The summed E-state index contributed by atoms with van der Waals surface area (Å²) in [5, 5.41) is 0. The number of halogens is 1. The SMILES string of the molecule is CCOc1cnc(OC)cc1I. The Kier molecular flexibility index (Phi) is 3.58. The summed E-state index contributed by atoms with van der Waals surface area (Å²) in [4.78, 5) is 4.02. The lowest BCUT2D eigenvalue weighted by Crippen LogP contribution is -1.96. The number of aromatic nitrogens is 1. The van der Waals surface area contributed by atoms with Crippen molar-refractivity contribution in [3.8, 4) is 11.6 Å². The van der Waals surface area contributed by atoms with Crippen molar-refractivity contribution in [1.82, 2.24) is 4.98 Å². The summed E-state index contributed by atoms with van der Waals surface area (Å²) in [6, 6.07) is 1.84. The molecule has 0 amide bonds. The average molecular weight is 279 g/mol. The van der Waals surface area contributed by atoms with E-state index < -0.39 is 0 Å². The maximum absolute atomic E-state index is 5.31. The van der Waals surface area contributed by atoms with Crippen molar-refractivity contribution in [2.24, 2.45) is 0 Å². The highest BCUT2D eigenvalue weighted by Gasteiger charge is 2.02. The fourth-order valence-electron chi connectivity index (χ4n) is 0.774. The van der Waals surface area contributed by atoms with Gasteiger partial charge in [0.05, 0.1) is 23.5 Å². The summed E-state index contributed by atoms with van der Waals surface area (Å²) in [5.74, 6) is 1.42. The first-order valence-corrected chi connectivity index (χ1v) is 4.68. The van der Waals surface area contributed by atoms with Gasteiger partial charge in [0.15, 0.2) is 5.75 Å². The lowest BCUT2D eigenvalue weighted by Gasteiger charge is -2.05. The Bertz CT molecular complexity index is 265. The molecule has 0 saturated carbocycles. The Balaban J connectivity index is 2.87. The van der Waals surface area contributed by atoms with E-state index in [0.29, 0.717) is 12.5 Å². The second-order valence-electron chi connectivity index (χ2n) is 2.09. The normalized spacial score (nSPS) is 9.58. The Labute approximate surface area is 85.2 Å². The minimum atomic E-state index is 0.614. The number of hydrogen-bond acceptors (Lipinski definition) is 3. The topological polar surface area (TPSA) is 31.4 Å². The molecule has 1 aromatic heterocycles. The largest absolute Gasteiger partial charge is 0.491 e. The van der Waals surface area contributed by atoms with Gasteiger partial charge in [-0.05, 0) is 29.5 Å². The van der Waals surface area contributed by atoms with Crippen molar-refractivity contribution >= 4 is 22.6 Å². The second kappa shape index (κ2) is 4.49. The van der Waals surface area contributed by atoms with Gasteiger partial charge in [0.25, 0.3) is 0 Å². The molecule has 0 aliphatic heterocycles. The maximum atomic E-state index is 5.31. The van der Waals surface area contributed by atoms with Gasteiger partial charge in [0, 0.05) is 6.07 Å². The highest BCUT2D eigenvalue weighted by atomic mass is 127. The minimum Gasteiger partial charge on any atom is -0.491 e. The van der Waals surface area contributed by atoms with Crippen LogP contribution < -0.4 is 9.47 Å². The Morgan fingerprint density at radius 1 is 1.58 bits per heavy atom. The average Bonchev–Trinajstić information content (AvgIpc) is 2.09. The zero-order chi connectivity index (χ0) is 8.97. The molecule has 0 aromatic carbocycles. The number of pyridine rings is 1. The van der Waals surface area contributed by atoms with Gasteiger partial charge in [0.2, 0.25) is 5.88 Å². The fraction of sp³-hybridized carbons (Fsp3) is 0.375. The molecule has 0 spiro atoms. The van der Waals surface area contributed by atoms with Gasteiger partial charge in [-0.1, -0.05) is 0 Å². The third kappa shape index (κ3) is 2.23. The Hall–Kier alpha value is -0.520. The van der Waals surface area contributed by atoms with Crippen LogP contribution >= 0.6 is 22.6 Å². The van der Waals surface area contributed by atoms with E-state index in [2.05, 4.69) is 27.6 Å². The molecule has 4 heteroatoms. The number of rotatable bonds is 3.